The van der Waals surface area contributed by atoms with Crippen LogP contribution in [0.2, 0.25) is 0 Å². The van der Waals surface area contributed by atoms with Crippen LogP contribution in [-0.4, -0.2) is 23.1 Å². The smallest absolute Gasteiger partial charge is 0.161 e. The molecule has 28 heavy (non-hydrogen) atoms. The lowest BCUT2D eigenvalue weighted by molar-refractivity contribution is 0.228. The number of methoxy groups -OCH3 is 1. The van der Waals surface area contributed by atoms with E-state index in [-0.39, 0.29) is 18.5 Å². The van der Waals surface area contributed by atoms with E-state index in [1.54, 1.807) is 18.4 Å². The molecule has 0 fully saturated rings. The second-order valence-electron chi connectivity index (χ2n) is 6.74. The second kappa shape index (κ2) is 11.1. The van der Waals surface area contributed by atoms with Gasteiger partial charge in [-0.15, -0.1) is 23.7 Å². The molecule has 0 aliphatic heterocycles. The Labute approximate surface area is 177 Å². The summed E-state index contributed by atoms with van der Waals surface area (Å²) in [5.41, 5.74) is 2.41. The van der Waals surface area contributed by atoms with Crippen molar-refractivity contribution in [3.8, 4) is 11.5 Å². The maximum Gasteiger partial charge on any atom is 0.161 e. The van der Waals surface area contributed by atoms with Gasteiger partial charge in [0.1, 0.15) is 0 Å². The molecule has 0 radical (unpaired) electrons. The molecule has 0 atom stereocenters. The van der Waals surface area contributed by atoms with Gasteiger partial charge in [-0.3, -0.25) is 9.88 Å². The third-order valence-electron chi connectivity index (χ3n) is 4.09. The van der Waals surface area contributed by atoms with Gasteiger partial charge in [-0.2, -0.15) is 0 Å². The molecule has 1 aromatic carbocycles. The Hall–Kier alpha value is -2.08. The Morgan fingerprint density at radius 3 is 2.46 bits per heavy atom. The monoisotopic (exact) mass is 418 g/mol. The summed E-state index contributed by atoms with van der Waals surface area (Å²) in [6.07, 6.45) is 3.86. The summed E-state index contributed by atoms with van der Waals surface area (Å²) in [5, 5.41) is 2.12. The minimum atomic E-state index is 0. The SMILES string of the molecule is COc1cc(CN(Cc2cccnc2)Cc2cccs2)ccc1OC(C)C.Cl. The molecule has 2 aromatic heterocycles. The molecule has 3 aromatic rings. The number of hydrogen-bond donors (Lipinski definition) is 0. The highest BCUT2D eigenvalue weighted by molar-refractivity contribution is 7.09. The van der Waals surface area contributed by atoms with Crippen LogP contribution in [0.4, 0.5) is 0 Å². The van der Waals surface area contributed by atoms with E-state index in [1.807, 2.05) is 38.4 Å². The first kappa shape index (κ1) is 22.2. The summed E-state index contributed by atoms with van der Waals surface area (Å²) < 4.78 is 11.4. The zero-order valence-corrected chi connectivity index (χ0v) is 18.1. The Morgan fingerprint density at radius 1 is 1.00 bits per heavy atom. The number of pyridine rings is 1. The number of aromatic nitrogens is 1. The number of benzene rings is 1. The molecule has 150 valence electrons. The largest absolute Gasteiger partial charge is 0.493 e. The zero-order chi connectivity index (χ0) is 19.1. The summed E-state index contributed by atoms with van der Waals surface area (Å²) in [6, 6.07) is 14.6. The van der Waals surface area contributed by atoms with Gasteiger partial charge in [0.25, 0.3) is 0 Å². The lowest BCUT2D eigenvalue weighted by atomic mass is 10.1. The molecule has 3 rings (SSSR count). The van der Waals surface area contributed by atoms with E-state index in [2.05, 4.69) is 45.6 Å². The maximum atomic E-state index is 5.83. The van der Waals surface area contributed by atoms with Gasteiger partial charge in [0.05, 0.1) is 13.2 Å². The molecule has 4 nitrogen and oxygen atoms in total. The van der Waals surface area contributed by atoms with Crippen molar-refractivity contribution in [1.29, 1.82) is 0 Å². The molecular formula is C22H27ClN2O2S. The summed E-state index contributed by atoms with van der Waals surface area (Å²) in [6.45, 7) is 6.61. The van der Waals surface area contributed by atoms with Crippen molar-refractivity contribution < 1.29 is 9.47 Å². The molecule has 0 saturated carbocycles. The number of hydrogen-bond acceptors (Lipinski definition) is 5. The topological polar surface area (TPSA) is 34.6 Å². The van der Waals surface area contributed by atoms with Crippen LogP contribution in [0.3, 0.4) is 0 Å². The first-order chi connectivity index (χ1) is 13.1. The van der Waals surface area contributed by atoms with Gasteiger partial charge < -0.3 is 9.47 Å². The van der Waals surface area contributed by atoms with Crippen LogP contribution in [0.15, 0.2) is 60.2 Å². The molecular weight excluding hydrogens is 392 g/mol. The number of halogens is 1. The van der Waals surface area contributed by atoms with E-state index in [0.29, 0.717) is 0 Å². The van der Waals surface area contributed by atoms with Gasteiger partial charge in [0.2, 0.25) is 0 Å². The summed E-state index contributed by atoms with van der Waals surface area (Å²) in [4.78, 5) is 8.02. The Kier molecular flexibility index (Phi) is 8.77. The van der Waals surface area contributed by atoms with Crippen LogP contribution in [-0.2, 0) is 19.6 Å². The van der Waals surface area contributed by atoms with Crippen molar-refractivity contribution in [3.05, 3.63) is 76.2 Å². The van der Waals surface area contributed by atoms with E-state index in [0.717, 1.165) is 31.1 Å². The van der Waals surface area contributed by atoms with Gasteiger partial charge >= 0.3 is 0 Å². The highest BCUT2D eigenvalue weighted by atomic mass is 35.5. The molecule has 0 saturated heterocycles. The van der Waals surface area contributed by atoms with E-state index in [4.69, 9.17) is 9.47 Å². The summed E-state index contributed by atoms with van der Waals surface area (Å²) in [7, 11) is 1.69. The average Bonchev–Trinajstić information content (AvgIpc) is 3.16. The molecule has 0 bridgehead atoms. The highest BCUT2D eigenvalue weighted by Crippen LogP contribution is 2.30. The van der Waals surface area contributed by atoms with Crippen molar-refractivity contribution >= 4 is 23.7 Å². The Bertz CT molecular complexity index is 826. The molecule has 6 heteroatoms. The normalized spacial score (nSPS) is 10.8. The standard InChI is InChI=1S/C22H26N2O2S.ClH/c1-17(2)26-21-9-8-18(12-22(21)25-3)14-24(16-20-7-5-11-27-20)15-19-6-4-10-23-13-19;/h4-13,17H,14-16H2,1-3H3;1H. The number of nitrogens with zero attached hydrogens (tertiary/aromatic N) is 2. The van der Waals surface area contributed by atoms with Crippen LogP contribution in [0.25, 0.3) is 0 Å². The number of rotatable bonds is 9. The molecule has 0 amide bonds. The van der Waals surface area contributed by atoms with Gasteiger partial charge in [0, 0.05) is 36.9 Å². The first-order valence-electron chi connectivity index (χ1n) is 9.11. The molecule has 0 aliphatic carbocycles. The Morgan fingerprint density at radius 2 is 1.82 bits per heavy atom. The minimum absolute atomic E-state index is 0. The fourth-order valence-corrected chi connectivity index (χ4v) is 3.71. The van der Waals surface area contributed by atoms with E-state index < -0.39 is 0 Å². The average molecular weight is 419 g/mol. The fourth-order valence-electron chi connectivity index (χ4n) is 2.96. The van der Waals surface area contributed by atoms with Crippen LogP contribution in [0.1, 0.15) is 29.9 Å². The van der Waals surface area contributed by atoms with Crippen molar-refractivity contribution in [3.63, 3.8) is 0 Å². The number of thiophene rings is 1. The quantitative estimate of drug-likeness (QED) is 0.455. The van der Waals surface area contributed by atoms with Crippen LogP contribution in [0.5, 0.6) is 11.5 Å². The lowest BCUT2D eigenvalue weighted by Crippen LogP contribution is -2.22. The first-order valence-corrected chi connectivity index (χ1v) is 9.99. The lowest BCUT2D eigenvalue weighted by Gasteiger charge is -2.23. The molecule has 2 heterocycles. The second-order valence-corrected chi connectivity index (χ2v) is 7.77. The third kappa shape index (κ3) is 6.51. The molecule has 0 unspecified atom stereocenters. The molecule has 0 spiro atoms. The van der Waals surface area contributed by atoms with Gasteiger partial charge in [-0.25, -0.2) is 0 Å². The van der Waals surface area contributed by atoms with Gasteiger partial charge in [0.15, 0.2) is 11.5 Å². The van der Waals surface area contributed by atoms with Gasteiger partial charge in [-0.1, -0.05) is 18.2 Å². The predicted molar refractivity (Wildman–Crippen MR) is 118 cm³/mol. The van der Waals surface area contributed by atoms with Crippen molar-refractivity contribution in [2.45, 2.75) is 39.6 Å². The van der Waals surface area contributed by atoms with Crippen LogP contribution < -0.4 is 9.47 Å². The van der Waals surface area contributed by atoms with Crippen LogP contribution >= 0.6 is 23.7 Å². The number of ether oxygens (including phenoxy) is 2. The third-order valence-corrected chi connectivity index (χ3v) is 4.95. The van der Waals surface area contributed by atoms with Crippen molar-refractivity contribution in [1.82, 2.24) is 9.88 Å². The van der Waals surface area contributed by atoms with E-state index in [1.165, 1.54) is 16.0 Å². The highest BCUT2D eigenvalue weighted by Gasteiger charge is 2.12. The summed E-state index contributed by atoms with van der Waals surface area (Å²) in [5.74, 6) is 1.56. The zero-order valence-electron chi connectivity index (χ0n) is 16.5. The Balaban J connectivity index is 0.00000280. The van der Waals surface area contributed by atoms with Gasteiger partial charge in [-0.05, 0) is 54.6 Å². The van der Waals surface area contributed by atoms with E-state index >= 15 is 0 Å². The van der Waals surface area contributed by atoms with Crippen LogP contribution in [0, 0.1) is 0 Å². The summed E-state index contributed by atoms with van der Waals surface area (Å²) >= 11 is 1.79. The maximum absolute atomic E-state index is 5.83. The van der Waals surface area contributed by atoms with Crippen molar-refractivity contribution in [2.75, 3.05) is 7.11 Å². The molecule has 0 N–H and O–H groups in total. The fraction of sp³-hybridized carbons (Fsp3) is 0.318. The minimum Gasteiger partial charge on any atom is -0.493 e. The molecule has 0 aliphatic rings. The predicted octanol–water partition coefficient (Wildman–Crippen LogP) is 5.56. The van der Waals surface area contributed by atoms with E-state index in [9.17, 15) is 0 Å². The van der Waals surface area contributed by atoms with Crippen molar-refractivity contribution in [2.24, 2.45) is 0 Å².